The minimum absolute atomic E-state index is 0.0835. The summed E-state index contributed by atoms with van der Waals surface area (Å²) >= 11 is 0. The van der Waals surface area contributed by atoms with E-state index in [1.165, 1.54) is 18.9 Å². The number of fused-ring (bicyclic) bond motifs is 2. The van der Waals surface area contributed by atoms with Gasteiger partial charge in [-0.15, -0.1) is 10.2 Å². The summed E-state index contributed by atoms with van der Waals surface area (Å²) in [6, 6.07) is 6.12. The zero-order valence-electron chi connectivity index (χ0n) is 21.3. The number of halogens is 1. The molecule has 1 N–H and O–H groups in total. The first-order valence-corrected chi connectivity index (χ1v) is 13.5. The third-order valence-electron chi connectivity index (χ3n) is 8.45. The van der Waals surface area contributed by atoms with E-state index in [4.69, 9.17) is 0 Å². The molecule has 2 aromatic heterocycles. The molecule has 7 nitrogen and oxygen atoms in total. The van der Waals surface area contributed by atoms with Gasteiger partial charge in [-0.1, -0.05) is 32.8 Å². The number of hydrogen-bond acceptors (Lipinski definition) is 5. The predicted octanol–water partition coefficient (Wildman–Crippen LogP) is 4.85. The average Bonchev–Trinajstić information content (AvgIpc) is 3.55. The maximum Gasteiger partial charge on any atom is 0.223 e. The number of carbonyl (C=O) groups is 1. The maximum atomic E-state index is 13.9. The SMILES string of the molecule is Cc1nnc(C(C)C)n1C1C[C@@H]2CC[C@@H](C1)N2CC[C@H](NC(=O)C1CCCC1)c1cccc(F)n1. The van der Waals surface area contributed by atoms with Crippen molar-refractivity contribution in [3.8, 4) is 0 Å². The number of carbonyl (C=O) groups excluding carboxylic acids is 1. The first kappa shape index (κ1) is 24.3. The minimum atomic E-state index is -0.492. The summed E-state index contributed by atoms with van der Waals surface area (Å²) in [4.78, 5) is 19.7. The Morgan fingerprint density at radius 2 is 1.80 bits per heavy atom. The van der Waals surface area contributed by atoms with E-state index in [-0.39, 0.29) is 17.9 Å². The lowest BCUT2D eigenvalue weighted by Gasteiger charge is -2.40. The zero-order chi connectivity index (χ0) is 24.5. The Bertz CT molecular complexity index is 1020. The Morgan fingerprint density at radius 3 is 2.46 bits per heavy atom. The second-order valence-corrected chi connectivity index (χ2v) is 11.1. The molecule has 0 radical (unpaired) electrons. The molecule has 5 rings (SSSR count). The quantitative estimate of drug-likeness (QED) is 0.545. The van der Waals surface area contributed by atoms with E-state index in [0.717, 1.165) is 63.1 Å². The molecule has 2 aromatic rings. The van der Waals surface area contributed by atoms with Gasteiger partial charge in [0.2, 0.25) is 11.9 Å². The van der Waals surface area contributed by atoms with Crippen LogP contribution in [0.4, 0.5) is 4.39 Å². The molecule has 3 atom stereocenters. The number of amides is 1. The number of nitrogens with zero attached hydrogens (tertiary/aromatic N) is 5. The van der Waals surface area contributed by atoms with Gasteiger partial charge < -0.3 is 9.88 Å². The van der Waals surface area contributed by atoms with Crippen LogP contribution in [0.15, 0.2) is 18.2 Å². The van der Waals surface area contributed by atoms with Crippen LogP contribution < -0.4 is 5.32 Å². The zero-order valence-corrected chi connectivity index (χ0v) is 21.3. The molecule has 3 aliphatic rings. The summed E-state index contributed by atoms with van der Waals surface area (Å²) in [5.41, 5.74) is 0.625. The van der Waals surface area contributed by atoms with Gasteiger partial charge in [0.15, 0.2) is 0 Å². The van der Waals surface area contributed by atoms with Gasteiger partial charge in [0.25, 0.3) is 0 Å². The highest BCUT2D eigenvalue weighted by atomic mass is 19.1. The van der Waals surface area contributed by atoms with Crippen LogP contribution in [0, 0.1) is 18.8 Å². The van der Waals surface area contributed by atoms with Crippen LogP contribution in [0.5, 0.6) is 0 Å². The Labute approximate surface area is 207 Å². The van der Waals surface area contributed by atoms with Crippen LogP contribution in [-0.4, -0.2) is 49.2 Å². The smallest absolute Gasteiger partial charge is 0.223 e. The van der Waals surface area contributed by atoms with Crippen molar-refractivity contribution in [1.82, 2.24) is 30.0 Å². The highest BCUT2D eigenvalue weighted by Gasteiger charge is 2.42. The van der Waals surface area contributed by atoms with Gasteiger partial charge >= 0.3 is 0 Å². The molecule has 0 spiro atoms. The average molecular weight is 483 g/mol. The number of piperidine rings is 1. The van der Waals surface area contributed by atoms with Gasteiger partial charge in [-0.2, -0.15) is 4.39 Å². The van der Waals surface area contributed by atoms with E-state index in [2.05, 4.69) is 50.7 Å². The fourth-order valence-electron chi connectivity index (χ4n) is 6.72. The molecule has 190 valence electrons. The van der Waals surface area contributed by atoms with Crippen LogP contribution >= 0.6 is 0 Å². The Balaban J connectivity index is 1.27. The fourth-order valence-corrected chi connectivity index (χ4v) is 6.72. The van der Waals surface area contributed by atoms with Crippen molar-refractivity contribution < 1.29 is 9.18 Å². The van der Waals surface area contributed by atoms with E-state index in [9.17, 15) is 9.18 Å². The molecule has 1 amide bonds. The van der Waals surface area contributed by atoms with Gasteiger partial charge in [-0.25, -0.2) is 4.98 Å². The van der Waals surface area contributed by atoms with E-state index in [0.29, 0.717) is 29.7 Å². The van der Waals surface area contributed by atoms with E-state index >= 15 is 0 Å². The molecular formula is C27H39FN6O. The second-order valence-electron chi connectivity index (χ2n) is 11.1. The Morgan fingerprint density at radius 1 is 1.09 bits per heavy atom. The highest BCUT2D eigenvalue weighted by Crippen LogP contribution is 2.42. The molecule has 0 unspecified atom stereocenters. The normalized spacial score (nSPS) is 25.9. The molecule has 1 saturated carbocycles. The standard InChI is InChI=1S/C27H39FN6O/c1-17(2)26-32-31-18(3)34(26)22-15-20-11-12-21(16-22)33(20)14-13-24(23-9-6-10-25(28)29-23)30-27(35)19-7-4-5-8-19/h6,9-10,17,19-22,24H,4-5,7-8,11-16H2,1-3H3,(H,30,35)/t20-,21-,24-/m0/s1. The van der Waals surface area contributed by atoms with E-state index in [1.807, 2.05) is 6.07 Å². The van der Waals surface area contributed by atoms with Crippen molar-refractivity contribution in [2.24, 2.45) is 5.92 Å². The van der Waals surface area contributed by atoms with Crippen LogP contribution in [0.3, 0.4) is 0 Å². The molecule has 3 fully saturated rings. The number of nitrogens with one attached hydrogen (secondary N) is 1. The summed E-state index contributed by atoms with van der Waals surface area (Å²) in [6.07, 6.45) is 9.50. The van der Waals surface area contributed by atoms with Crippen molar-refractivity contribution in [3.63, 3.8) is 0 Å². The first-order chi connectivity index (χ1) is 16.9. The van der Waals surface area contributed by atoms with Crippen molar-refractivity contribution >= 4 is 5.91 Å². The molecule has 2 aliphatic heterocycles. The molecule has 0 aromatic carbocycles. The number of rotatable bonds is 8. The largest absolute Gasteiger partial charge is 0.347 e. The lowest BCUT2D eigenvalue weighted by Crippen LogP contribution is -2.45. The van der Waals surface area contributed by atoms with Gasteiger partial charge in [0.05, 0.1) is 11.7 Å². The summed E-state index contributed by atoms with van der Waals surface area (Å²) < 4.78 is 16.3. The topological polar surface area (TPSA) is 75.9 Å². The van der Waals surface area contributed by atoms with Gasteiger partial charge in [-0.3, -0.25) is 9.69 Å². The highest BCUT2D eigenvalue weighted by molar-refractivity contribution is 5.79. The monoisotopic (exact) mass is 482 g/mol. The molecule has 35 heavy (non-hydrogen) atoms. The summed E-state index contributed by atoms with van der Waals surface area (Å²) in [5, 5.41) is 12.1. The molecule has 1 aliphatic carbocycles. The second kappa shape index (κ2) is 10.3. The molecule has 8 heteroatoms. The van der Waals surface area contributed by atoms with Gasteiger partial charge in [-0.05, 0) is 64.0 Å². The lowest BCUT2D eigenvalue weighted by molar-refractivity contribution is -0.125. The van der Waals surface area contributed by atoms with Crippen molar-refractivity contribution in [2.75, 3.05) is 6.54 Å². The summed E-state index contributed by atoms with van der Waals surface area (Å²) in [7, 11) is 0. The third kappa shape index (κ3) is 5.13. The lowest BCUT2D eigenvalue weighted by atomic mass is 9.95. The fraction of sp³-hybridized carbons (Fsp3) is 0.704. The third-order valence-corrected chi connectivity index (χ3v) is 8.45. The molecule has 4 heterocycles. The summed E-state index contributed by atoms with van der Waals surface area (Å²) in [5.74, 6) is 2.15. The minimum Gasteiger partial charge on any atom is -0.347 e. The van der Waals surface area contributed by atoms with Gasteiger partial charge in [0, 0.05) is 36.5 Å². The van der Waals surface area contributed by atoms with Crippen molar-refractivity contribution in [2.45, 2.75) is 109 Å². The molecular weight excluding hydrogens is 443 g/mol. The van der Waals surface area contributed by atoms with Crippen molar-refractivity contribution in [3.05, 3.63) is 41.5 Å². The van der Waals surface area contributed by atoms with E-state index < -0.39 is 5.95 Å². The van der Waals surface area contributed by atoms with Gasteiger partial charge in [0.1, 0.15) is 11.6 Å². The Hall–Kier alpha value is -2.35. The first-order valence-electron chi connectivity index (χ1n) is 13.5. The number of pyridine rings is 1. The number of aryl methyl sites for hydroxylation is 1. The van der Waals surface area contributed by atoms with Crippen LogP contribution in [0.1, 0.15) is 107 Å². The molecule has 2 saturated heterocycles. The predicted molar refractivity (Wildman–Crippen MR) is 132 cm³/mol. The number of aromatic nitrogens is 4. The number of hydrogen-bond donors (Lipinski definition) is 1. The van der Waals surface area contributed by atoms with Crippen LogP contribution in [0.25, 0.3) is 0 Å². The van der Waals surface area contributed by atoms with Crippen LogP contribution in [-0.2, 0) is 4.79 Å². The summed E-state index contributed by atoms with van der Waals surface area (Å²) in [6.45, 7) is 7.32. The van der Waals surface area contributed by atoms with E-state index in [1.54, 1.807) is 6.07 Å². The van der Waals surface area contributed by atoms with Crippen LogP contribution in [0.2, 0.25) is 0 Å². The maximum absolute atomic E-state index is 13.9. The molecule has 2 bridgehead atoms. The van der Waals surface area contributed by atoms with Crippen molar-refractivity contribution in [1.29, 1.82) is 0 Å². The Kier molecular flexibility index (Phi) is 7.19.